The standard InChI is InChI=1S/C19H15NOS/c1-14-7-10-16(11-8-14)17-13-22-19(20-17)18(21)12-9-15-5-3-2-4-6-15/h2-13H,1H3. The molecule has 3 rings (SSSR count). The van der Waals surface area contributed by atoms with Gasteiger partial charge in [0.05, 0.1) is 5.69 Å². The second kappa shape index (κ2) is 6.50. The van der Waals surface area contributed by atoms with E-state index in [1.165, 1.54) is 16.9 Å². The molecule has 3 aromatic rings. The smallest absolute Gasteiger partial charge is 0.214 e. The number of rotatable bonds is 4. The lowest BCUT2D eigenvalue weighted by Crippen LogP contribution is -1.93. The summed E-state index contributed by atoms with van der Waals surface area (Å²) in [4.78, 5) is 16.6. The highest BCUT2D eigenvalue weighted by atomic mass is 32.1. The Kier molecular flexibility index (Phi) is 4.26. The quantitative estimate of drug-likeness (QED) is 0.500. The molecule has 0 saturated heterocycles. The fourth-order valence-corrected chi connectivity index (χ4v) is 2.80. The highest BCUT2D eigenvalue weighted by molar-refractivity contribution is 7.12. The monoisotopic (exact) mass is 305 g/mol. The van der Waals surface area contributed by atoms with Crippen LogP contribution in [0.1, 0.15) is 20.9 Å². The van der Waals surface area contributed by atoms with Crippen molar-refractivity contribution in [2.24, 2.45) is 0 Å². The van der Waals surface area contributed by atoms with Crippen LogP contribution < -0.4 is 0 Å². The van der Waals surface area contributed by atoms with E-state index in [0.717, 1.165) is 16.8 Å². The summed E-state index contributed by atoms with van der Waals surface area (Å²) in [7, 11) is 0. The van der Waals surface area contributed by atoms with Crippen LogP contribution in [0.5, 0.6) is 0 Å². The van der Waals surface area contributed by atoms with E-state index >= 15 is 0 Å². The van der Waals surface area contributed by atoms with Crippen LogP contribution in [0.25, 0.3) is 17.3 Å². The molecule has 0 unspecified atom stereocenters. The van der Waals surface area contributed by atoms with Crippen molar-refractivity contribution < 1.29 is 4.79 Å². The van der Waals surface area contributed by atoms with Gasteiger partial charge in [-0.15, -0.1) is 11.3 Å². The van der Waals surface area contributed by atoms with E-state index in [4.69, 9.17) is 0 Å². The summed E-state index contributed by atoms with van der Waals surface area (Å²) in [5.74, 6) is -0.0628. The largest absolute Gasteiger partial charge is 0.287 e. The van der Waals surface area contributed by atoms with Crippen LogP contribution in [-0.2, 0) is 0 Å². The van der Waals surface area contributed by atoms with Gasteiger partial charge in [0.15, 0.2) is 5.01 Å². The van der Waals surface area contributed by atoms with Gasteiger partial charge in [0, 0.05) is 10.9 Å². The van der Waals surface area contributed by atoms with Gasteiger partial charge in [-0.05, 0) is 18.6 Å². The molecule has 22 heavy (non-hydrogen) atoms. The van der Waals surface area contributed by atoms with Crippen LogP contribution >= 0.6 is 11.3 Å². The Hall–Kier alpha value is -2.52. The zero-order chi connectivity index (χ0) is 15.4. The summed E-state index contributed by atoms with van der Waals surface area (Å²) in [5, 5.41) is 2.44. The number of carbonyl (C=O) groups excluding carboxylic acids is 1. The summed E-state index contributed by atoms with van der Waals surface area (Å²) in [6.07, 6.45) is 3.39. The van der Waals surface area contributed by atoms with Crippen LogP contribution in [0.4, 0.5) is 0 Å². The SMILES string of the molecule is Cc1ccc(-c2csc(C(=O)C=Cc3ccccc3)n2)cc1. The number of nitrogens with zero attached hydrogens (tertiary/aromatic N) is 1. The number of ketones is 1. The Labute approximate surface area is 133 Å². The van der Waals surface area contributed by atoms with E-state index in [-0.39, 0.29) is 5.78 Å². The number of thiazole rings is 1. The molecule has 0 atom stereocenters. The van der Waals surface area contributed by atoms with Crippen molar-refractivity contribution >= 4 is 23.2 Å². The molecular formula is C19H15NOS. The van der Waals surface area contributed by atoms with Crippen LogP contribution in [0.15, 0.2) is 66.1 Å². The molecule has 0 amide bonds. The minimum atomic E-state index is -0.0628. The first-order valence-electron chi connectivity index (χ1n) is 7.02. The van der Waals surface area contributed by atoms with E-state index in [2.05, 4.69) is 4.98 Å². The van der Waals surface area contributed by atoms with Gasteiger partial charge in [0.1, 0.15) is 0 Å². The number of benzene rings is 2. The number of hydrogen-bond acceptors (Lipinski definition) is 3. The van der Waals surface area contributed by atoms with E-state index in [1.807, 2.05) is 73.0 Å². The van der Waals surface area contributed by atoms with E-state index in [9.17, 15) is 4.79 Å². The van der Waals surface area contributed by atoms with Crippen molar-refractivity contribution in [1.82, 2.24) is 4.98 Å². The van der Waals surface area contributed by atoms with Crippen LogP contribution in [0.2, 0.25) is 0 Å². The lowest BCUT2D eigenvalue weighted by molar-refractivity contribution is 0.104. The zero-order valence-electron chi connectivity index (χ0n) is 12.2. The molecule has 2 nitrogen and oxygen atoms in total. The molecule has 3 heteroatoms. The van der Waals surface area contributed by atoms with E-state index in [1.54, 1.807) is 6.08 Å². The third-order valence-corrected chi connectivity index (χ3v) is 4.15. The molecular weight excluding hydrogens is 290 g/mol. The third-order valence-electron chi connectivity index (χ3n) is 3.29. The molecule has 108 valence electrons. The number of carbonyl (C=O) groups is 1. The van der Waals surface area contributed by atoms with Gasteiger partial charge in [-0.3, -0.25) is 4.79 Å². The molecule has 0 saturated carbocycles. The second-order valence-electron chi connectivity index (χ2n) is 5.01. The number of aryl methyl sites for hydroxylation is 1. The Bertz CT molecular complexity index is 801. The Morgan fingerprint density at radius 2 is 1.77 bits per heavy atom. The maximum Gasteiger partial charge on any atom is 0.214 e. The highest BCUT2D eigenvalue weighted by Crippen LogP contribution is 2.22. The lowest BCUT2D eigenvalue weighted by Gasteiger charge is -1.96. The first-order valence-corrected chi connectivity index (χ1v) is 7.90. The topological polar surface area (TPSA) is 30.0 Å². The lowest BCUT2D eigenvalue weighted by atomic mass is 10.1. The Balaban J connectivity index is 1.77. The van der Waals surface area contributed by atoms with E-state index in [0.29, 0.717) is 5.01 Å². The first kappa shape index (κ1) is 14.4. The Morgan fingerprint density at radius 1 is 1.05 bits per heavy atom. The zero-order valence-corrected chi connectivity index (χ0v) is 13.0. The molecule has 0 aliphatic rings. The minimum absolute atomic E-state index is 0.0628. The summed E-state index contributed by atoms with van der Waals surface area (Å²) < 4.78 is 0. The molecule has 0 radical (unpaired) electrons. The third kappa shape index (κ3) is 3.38. The summed E-state index contributed by atoms with van der Waals surface area (Å²) in [5.41, 5.74) is 4.10. The molecule has 1 heterocycles. The van der Waals surface area contributed by atoms with Crippen LogP contribution in [0.3, 0.4) is 0 Å². The van der Waals surface area contributed by atoms with Gasteiger partial charge in [-0.25, -0.2) is 4.98 Å². The normalized spacial score (nSPS) is 11.0. The molecule has 0 bridgehead atoms. The molecule has 0 fully saturated rings. The van der Waals surface area contributed by atoms with Crippen LogP contribution in [-0.4, -0.2) is 10.8 Å². The number of allylic oxidation sites excluding steroid dienone is 1. The number of aromatic nitrogens is 1. The highest BCUT2D eigenvalue weighted by Gasteiger charge is 2.09. The minimum Gasteiger partial charge on any atom is -0.287 e. The number of hydrogen-bond donors (Lipinski definition) is 0. The maximum absolute atomic E-state index is 12.2. The van der Waals surface area contributed by atoms with Gasteiger partial charge >= 0.3 is 0 Å². The van der Waals surface area contributed by atoms with Crippen molar-refractivity contribution in [2.45, 2.75) is 6.92 Å². The predicted octanol–water partition coefficient (Wildman–Crippen LogP) is 5.01. The van der Waals surface area contributed by atoms with Gasteiger partial charge in [0.25, 0.3) is 0 Å². The maximum atomic E-state index is 12.2. The summed E-state index contributed by atoms with van der Waals surface area (Å²) >= 11 is 1.38. The van der Waals surface area contributed by atoms with Gasteiger partial charge in [-0.1, -0.05) is 66.2 Å². The van der Waals surface area contributed by atoms with Crippen molar-refractivity contribution in [2.75, 3.05) is 0 Å². The molecule has 1 aromatic heterocycles. The predicted molar refractivity (Wildman–Crippen MR) is 92.1 cm³/mol. The average Bonchev–Trinajstić information content (AvgIpc) is 3.04. The fourth-order valence-electron chi connectivity index (χ4n) is 2.05. The first-order chi connectivity index (χ1) is 10.7. The van der Waals surface area contributed by atoms with Crippen LogP contribution in [0, 0.1) is 6.92 Å². The molecule has 0 N–H and O–H groups in total. The van der Waals surface area contributed by atoms with Gasteiger partial charge in [-0.2, -0.15) is 0 Å². The molecule has 2 aromatic carbocycles. The van der Waals surface area contributed by atoms with Crippen molar-refractivity contribution in [1.29, 1.82) is 0 Å². The fraction of sp³-hybridized carbons (Fsp3) is 0.0526. The molecule has 0 spiro atoms. The van der Waals surface area contributed by atoms with Crippen molar-refractivity contribution in [3.63, 3.8) is 0 Å². The van der Waals surface area contributed by atoms with Crippen molar-refractivity contribution in [3.05, 3.63) is 82.2 Å². The second-order valence-corrected chi connectivity index (χ2v) is 5.87. The average molecular weight is 305 g/mol. The van der Waals surface area contributed by atoms with E-state index < -0.39 is 0 Å². The summed E-state index contributed by atoms with van der Waals surface area (Å²) in [6.45, 7) is 2.05. The van der Waals surface area contributed by atoms with Crippen molar-refractivity contribution in [3.8, 4) is 11.3 Å². The Morgan fingerprint density at radius 3 is 2.50 bits per heavy atom. The molecule has 0 aliphatic heterocycles. The van der Waals surface area contributed by atoms with Gasteiger partial charge < -0.3 is 0 Å². The van der Waals surface area contributed by atoms with Gasteiger partial charge in [0.2, 0.25) is 5.78 Å². The summed E-state index contributed by atoms with van der Waals surface area (Å²) in [6, 6.07) is 17.9. The molecule has 0 aliphatic carbocycles.